The lowest BCUT2D eigenvalue weighted by Crippen LogP contribution is -2.42. The number of aliphatic hydroxyl groups excluding tert-OH is 1. The SMILES string of the molecule is CN(C)S(=O)(=O)c1ccc(C(O)=C2C(=O)C(=O)N(CCN3CCOCC3)[C@@H]2c2cccc(Cl)c2)cc1. The van der Waals surface area contributed by atoms with Gasteiger partial charge in [0.15, 0.2) is 0 Å². The zero-order valence-electron chi connectivity index (χ0n) is 20.1. The Labute approximate surface area is 215 Å². The second-order valence-corrected chi connectivity index (χ2v) is 11.4. The molecule has 2 saturated heterocycles. The first-order valence-electron chi connectivity index (χ1n) is 11.5. The van der Waals surface area contributed by atoms with E-state index < -0.39 is 27.8 Å². The van der Waals surface area contributed by atoms with Gasteiger partial charge >= 0.3 is 0 Å². The molecule has 2 fully saturated rings. The van der Waals surface area contributed by atoms with Gasteiger partial charge < -0.3 is 14.7 Å². The summed E-state index contributed by atoms with van der Waals surface area (Å²) in [6.07, 6.45) is 0. The van der Waals surface area contributed by atoms with Crippen molar-refractivity contribution in [2.24, 2.45) is 0 Å². The number of morpholine rings is 1. The number of amides is 1. The number of benzene rings is 2. The molecule has 0 aromatic heterocycles. The molecule has 2 aromatic carbocycles. The largest absolute Gasteiger partial charge is 0.507 e. The Morgan fingerprint density at radius 3 is 2.36 bits per heavy atom. The van der Waals surface area contributed by atoms with Crippen molar-refractivity contribution in [2.45, 2.75) is 10.9 Å². The first-order valence-corrected chi connectivity index (χ1v) is 13.3. The molecular weight excluding hydrogens is 506 g/mol. The summed E-state index contributed by atoms with van der Waals surface area (Å²) in [6, 6.07) is 11.5. The van der Waals surface area contributed by atoms with Gasteiger partial charge in [0.25, 0.3) is 11.7 Å². The molecule has 2 heterocycles. The van der Waals surface area contributed by atoms with Gasteiger partial charge in [-0.3, -0.25) is 14.5 Å². The van der Waals surface area contributed by atoms with Crippen LogP contribution < -0.4 is 0 Å². The molecule has 11 heteroatoms. The molecule has 1 N–H and O–H groups in total. The van der Waals surface area contributed by atoms with Crippen molar-refractivity contribution in [2.75, 3.05) is 53.5 Å². The average Bonchev–Trinajstić information content (AvgIpc) is 3.12. The number of aliphatic hydroxyl groups is 1. The molecule has 192 valence electrons. The van der Waals surface area contributed by atoms with Crippen LogP contribution in [0.1, 0.15) is 17.2 Å². The third-order valence-corrected chi connectivity index (χ3v) is 8.44. The summed E-state index contributed by atoms with van der Waals surface area (Å²) in [4.78, 5) is 30.0. The normalized spacial score (nSPS) is 20.9. The highest BCUT2D eigenvalue weighted by Gasteiger charge is 2.46. The smallest absolute Gasteiger partial charge is 0.295 e. The minimum atomic E-state index is -3.67. The summed E-state index contributed by atoms with van der Waals surface area (Å²) >= 11 is 6.22. The molecule has 1 atom stereocenters. The highest BCUT2D eigenvalue weighted by molar-refractivity contribution is 7.89. The molecule has 36 heavy (non-hydrogen) atoms. The van der Waals surface area contributed by atoms with Crippen molar-refractivity contribution in [3.63, 3.8) is 0 Å². The molecule has 1 amide bonds. The molecule has 2 aliphatic heterocycles. The molecule has 0 bridgehead atoms. The molecule has 0 aliphatic carbocycles. The number of ether oxygens (including phenoxy) is 1. The maximum atomic E-state index is 13.2. The van der Waals surface area contributed by atoms with E-state index in [-0.39, 0.29) is 28.3 Å². The van der Waals surface area contributed by atoms with Crippen molar-refractivity contribution in [3.8, 4) is 0 Å². The molecule has 0 saturated carbocycles. The van der Waals surface area contributed by atoms with Crippen LogP contribution in [0.5, 0.6) is 0 Å². The van der Waals surface area contributed by atoms with Gasteiger partial charge in [-0.1, -0.05) is 23.7 Å². The predicted molar refractivity (Wildman–Crippen MR) is 135 cm³/mol. The quantitative estimate of drug-likeness (QED) is 0.331. The molecule has 0 unspecified atom stereocenters. The van der Waals surface area contributed by atoms with Crippen LogP contribution in [0.25, 0.3) is 5.76 Å². The molecule has 0 spiro atoms. The Balaban J connectivity index is 1.73. The van der Waals surface area contributed by atoms with Gasteiger partial charge in [0.05, 0.1) is 29.7 Å². The van der Waals surface area contributed by atoms with Gasteiger partial charge in [-0.05, 0) is 42.0 Å². The second kappa shape index (κ2) is 10.7. The number of halogens is 1. The van der Waals surface area contributed by atoms with E-state index in [0.29, 0.717) is 30.3 Å². The molecule has 4 rings (SSSR count). The topological polar surface area (TPSA) is 107 Å². The maximum absolute atomic E-state index is 13.2. The molecule has 2 aromatic rings. The van der Waals surface area contributed by atoms with Crippen LogP contribution in [-0.2, 0) is 24.3 Å². The van der Waals surface area contributed by atoms with E-state index in [4.69, 9.17) is 16.3 Å². The minimum Gasteiger partial charge on any atom is -0.507 e. The Kier molecular flexibility index (Phi) is 7.82. The Morgan fingerprint density at radius 1 is 1.08 bits per heavy atom. The standard InChI is InChI=1S/C25H28ClN3O6S/c1-27(2)36(33,34)20-8-6-17(7-9-20)23(30)21-22(18-4-3-5-19(26)16-18)29(25(32)24(21)31)11-10-28-12-14-35-15-13-28/h3-9,16,22,30H,10-15H2,1-2H3/t22-/m1/s1. The number of carbonyl (C=O) groups excluding carboxylic acids is 2. The number of sulfonamides is 1. The fraction of sp³-hybridized carbons (Fsp3) is 0.360. The highest BCUT2D eigenvalue weighted by atomic mass is 35.5. The lowest BCUT2D eigenvalue weighted by molar-refractivity contribution is -0.140. The summed E-state index contributed by atoms with van der Waals surface area (Å²) in [5, 5.41) is 11.6. The minimum absolute atomic E-state index is 0.0430. The summed E-state index contributed by atoms with van der Waals surface area (Å²) < 4.78 is 31.3. The fourth-order valence-corrected chi connectivity index (χ4v) is 5.46. The van der Waals surface area contributed by atoms with Gasteiger partial charge in [0, 0.05) is 50.9 Å². The van der Waals surface area contributed by atoms with Gasteiger partial charge in [-0.15, -0.1) is 0 Å². The Hall–Kier alpha value is -2.76. The van der Waals surface area contributed by atoms with Crippen LogP contribution in [0, 0.1) is 0 Å². The van der Waals surface area contributed by atoms with E-state index in [1.165, 1.54) is 43.3 Å². The fourth-order valence-electron chi connectivity index (χ4n) is 4.36. The van der Waals surface area contributed by atoms with Crippen LogP contribution in [-0.4, -0.2) is 92.8 Å². The Bertz CT molecular complexity index is 1290. The van der Waals surface area contributed by atoms with Crippen LogP contribution in [0.15, 0.2) is 59.0 Å². The molecular formula is C25H28ClN3O6S. The monoisotopic (exact) mass is 533 g/mol. The van der Waals surface area contributed by atoms with Gasteiger partial charge in [-0.2, -0.15) is 0 Å². The van der Waals surface area contributed by atoms with Crippen molar-refractivity contribution >= 4 is 39.1 Å². The van der Waals surface area contributed by atoms with E-state index in [9.17, 15) is 23.1 Å². The van der Waals surface area contributed by atoms with Crippen molar-refractivity contribution in [1.82, 2.24) is 14.1 Å². The van der Waals surface area contributed by atoms with Gasteiger partial charge in [-0.25, -0.2) is 12.7 Å². The summed E-state index contributed by atoms with van der Waals surface area (Å²) in [6.45, 7) is 3.50. The third kappa shape index (κ3) is 5.18. The lowest BCUT2D eigenvalue weighted by atomic mass is 9.95. The van der Waals surface area contributed by atoms with Gasteiger partial charge in [0.1, 0.15) is 5.76 Å². The van der Waals surface area contributed by atoms with Crippen LogP contribution >= 0.6 is 11.6 Å². The van der Waals surface area contributed by atoms with Crippen LogP contribution in [0.4, 0.5) is 0 Å². The summed E-state index contributed by atoms with van der Waals surface area (Å²) in [5.41, 5.74) is 0.760. The maximum Gasteiger partial charge on any atom is 0.295 e. The van der Waals surface area contributed by atoms with E-state index in [1.54, 1.807) is 24.3 Å². The number of hydrogen-bond acceptors (Lipinski definition) is 7. The number of rotatable bonds is 7. The zero-order valence-corrected chi connectivity index (χ0v) is 21.6. The Morgan fingerprint density at radius 2 is 1.75 bits per heavy atom. The van der Waals surface area contributed by atoms with Crippen molar-refractivity contribution in [3.05, 3.63) is 70.3 Å². The average molecular weight is 534 g/mol. The van der Waals surface area contributed by atoms with Crippen LogP contribution in [0.2, 0.25) is 5.02 Å². The number of hydrogen-bond donors (Lipinski definition) is 1. The zero-order chi connectivity index (χ0) is 26.0. The van der Waals surface area contributed by atoms with E-state index >= 15 is 0 Å². The molecule has 9 nitrogen and oxygen atoms in total. The summed E-state index contributed by atoms with van der Waals surface area (Å²) in [5.74, 6) is -1.88. The van der Waals surface area contributed by atoms with E-state index in [2.05, 4.69) is 4.90 Å². The second-order valence-electron chi connectivity index (χ2n) is 8.81. The molecule has 2 aliphatic rings. The first kappa shape index (κ1) is 26.3. The van der Waals surface area contributed by atoms with Crippen molar-refractivity contribution < 1.29 is 27.9 Å². The first-order chi connectivity index (χ1) is 17.1. The summed E-state index contributed by atoms with van der Waals surface area (Å²) in [7, 11) is -0.819. The highest BCUT2D eigenvalue weighted by Crippen LogP contribution is 2.40. The number of Topliss-reactive ketones (excluding diaryl/α,β-unsaturated/α-hetero) is 1. The number of carbonyl (C=O) groups is 2. The lowest BCUT2D eigenvalue weighted by Gasteiger charge is -2.31. The van der Waals surface area contributed by atoms with E-state index in [1.807, 2.05) is 0 Å². The third-order valence-electron chi connectivity index (χ3n) is 6.37. The number of ketones is 1. The number of nitrogens with zero attached hydrogens (tertiary/aromatic N) is 3. The van der Waals surface area contributed by atoms with Crippen LogP contribution in [0.3, 0.4) is 0 Å². The predicted octanol–water partition coefficient (Wildman–Crippen LogP) is 2.34. The van der Waals surface area contributed by atoms with E-state index in [0.717, 1.165) is 17.4 Å². The van der Waals surface area contributed by atoms with Gasteiger partial charge in [0.2, 0.25) is 10.0 Å². The molecule has 0 radical (unpaired) electrons. The number of likely N-dealkylation sites (tertiary alicyclic amines) is 1. The van der Waals surface area contributed by atoms with Crippen molar-refractivity contribution in [1.29, 1.82) is 0 Å².